The van der Waals surface area contributed by atoms with E-state index in [0.29, 0.717) is 0 Å². The second kappa shape index (κ2) is 5.58. The van der Waals surface area contributed by atoms with Gasteiger partial charge in [-0.1, -0.05) is 6.07 Å². The summed E-state index contributed by atoms with van der Waals surface area (Å²) < 4.78 is 5.35. The summed E-state index contributed by atoms with van der Waals surface area (Å²) >= 11 is 3.60. The second-order valence-electron chi connectivity index (χ2n) is 3.30. The van der Waals surface area contributed by atoms with Crippen molar-refractivity contribution in [1.82, 2.24) is 4.90 Å². The molecule has 2 rings (SSSR count). The van der Waals surface area contributed by atoms with Crippen LogP contribution in [0.25, 0.3) is 6.08 Å². The van der Waals surface area contributed by atoms with E-state index in [-0.39, 0.29) is 0 Å². The number of hydrogen-bond acceptors (Lipinski definition) is 4. The van der Waals surface area contributed by atoms with Crippen molar-refractivity contribution in [2.75, 3.05) is 32.6 Å². The number of hydrogen-bond donors (Lipinski definition) is 0. The molecule has 0 aromatic carbocycles. The van der Waals surface area contributed by atoms with E-state index in [1.54, 1.807) is 11.3 Å². The highest BCUT2D eigenvalue weighted by atomic mass is 32.2. The van der Waals surface area contributed by atoms with Crippen molar-refractivity contribution in [3.63, 3.8) is 0 Å². The largest absolute Gasteiger partial charge is 0.378 e. The predicted octanol–water partition coefficient (Wildman–Crippen LogP) is 2.74. The van der Waals surface area contributed by atoms with Crippen LogP contribution in [0.5, 0.6) is 0 Å². The molecule has 0 N–H and O–H groups in total. The standard InChI is InChI=1S/C11H15NOS2/c1-14-11(9-10-3-2-8-15-10)12-4-6-13-7-5-12/h2-3,8-9H,4-7H2,1H3/b11-9-. The number of rotatable bonds is 3. The van der Waals surface area contributed by atoms with E-state index in [0.717, 1.165) is 26.3 Å². The maximum atomic E-state index is 5.35. The zero-order chi connectivity index (χ0) is 10.5. The lowest BCUT2D eigenvalue weighted by Gasteiger charge is -2.29. The highest BCUT2D eigenvalue weighted by Gasteiger charge is 2.12. The first kappa shape index (κ1) is 11.0. The molecule has 0 saturated carbocycles. The van der Waals surface area contributed by atoms with Crippen molar-refractivity contribution in [3.8, 4) is 0 Å². The van der Waals surface area contributed by atoms with Gasteiger partial charge in [-0.25, -0.2) is 0 Å². The van der Waals surface area contributed by atoms with E-state index in [4.69, 9.17) is 4.74 Å². The van der Waals surface area contributed by atoms with Gasteiger partial charge in [-0.05, 0) is 23.8 Å². The van der Waals surface area contributed by atoms with Gasteiger partial charge >= 0.3 is 0 Å². The van der Waals surface area contributed by atoms with Crippen LogP contribution < -0.4 is 0 Å². The predicted molar refractivity (Wildman–Crippen MR) is 68.2 cm³/mol. The molecule has 1 fully saturated rings. The Bertz CT molecular complexity index is 315. The SMILES string of the molecule is CS/C(=C\c1cccs1)N1CCOCC1. The minimum atomic E-state index is 0.850. The van der Waals surface area contributed by atoms with Gasteiger partial charge in [0.2, 0.25) is 0 Å². The number of thiophene rings is 1. The maximum absolute atomic E-state index is 5.35. The van der Waals surface area contributed by atoms with Crippen molar-refractivity contribution >= 4 is 29.2 Å². The summed E-state index contributed by atoms with van der Waals surface area (Å²) in [6.07, 6.45) is 4.40. The minimum Gasteiger partial charge on any atom is -0.378 e. The lowest BCUT2D eigenvalue weighted by molar-refractivity contribution is 0.0581. The number of thioether (sulfide) groups is 1. The average Bonchev–Trinajstić information content (AvgIpc) is 2.80. The van der Waals surface area contributed by atoms with Crippen LogP contribution in [0.4, 0.5) is 0 Å². The molecule has 1 aliphatic heterocycles. The fourth-order valence-electron chi connectivity index (χ4n) is 1.56. The van der Waals surface area contributed by atoms with Crippen molar-refractivity contribution in [3.05, 3.63) is 27.4 Å². The number of ether oxygens (including phenoxy) is 1. The van der Waals surface area contributed by atoms with E-state index in [1.807, 2.05) is 11.8 Å². The fraction of sp³-hybridized carbons (Fsp3) is 0.455. The van der Waals surface area contributed by atoms with E-state index in [1.165, 1.54) is 9.91 Å². The maximum Gasteiger partial charge on any atom is 0.0720 e. The van der Waals surface area contributed by atoms with Crippen LogP contribution in [-0.2, 0) is 4.74 Å². The third-order valence-corrected chi connectivity index (χ3v) is 3.95. The summed E-state index contributed by atoms with van der Waals surface area (Å²) in [6.45, 7) is 3.72. The van der Waals surface area contributed by atoms with Crippen molar-refractivity contribution < 1.29 is 4.74 Å². The Morgan fingerprint density at radius 2 is 2.33 bits per heavy atom. The molecule has 0 atom stereocenters. The Labute approximate surface area is 98.9 Å². The van der Waals surface area contributed by atoms with Crippen LogP contribution in [0.15, 0.2) is 22.5 Å². The van der Waals surface area contributed by atoms with Gasteiger partial charge < -0.3 is 9.64 Å². The molecule has 0 aliphatic carbocycles. The van der Waals surface area contributed by atoms with Crippen LogP contribution in [0.3, 0.4) is 0 Å². The zero-order valence-electron chi connectivity index (χ0n) is 8.81. The summed E-state index contributed by atoms with van der Waals surface area (Å²) in [5.41, 5.74) is 0. The molecule has 0 amide bonds. The normalized spacial score (nSPS) is 18.2. The molecule has 1 saturated heterocycles. The number of nitrogens with zero attached hydrogens (tertiary/aromatic N) is 1. The van der Waals surface area contributed by atoms with Crippen LogP contribution in [0.1, 0.15) is 4.88 Å². The lowest BCUT2D eigenvalue weighted by Crippen LogP contribution is -2.34. The molecule has 4 heteroatoms. The van der Waals surface area contributed by atoms with Gasteiger partial charge in [-0.3, -0.25) is 0 Å². The first-order chi connectivity index (χ1) is 7.40. The molecule has 0 spiro atoms. The highest BCUT2D eigenvalue weighted by molar-refractivity contribution is 8.02. The number of morpholine rings is 1. The highest BCUT2D eigenvalue weighted by Crippen LogP contribution is 2.23. The average molecular weight is 241 g/mol. The van der Waals surface area contributed by atoms with Gasteiger partial charge in [-0.2, -0.15) is 0 Å². The van der Waals surface area contributed by atoms with Gasteiger partial charge in [0.05, 0.1) is 18.2 Å². The summed E-state index contributed by atoms with van der Waals surface area (Å²) in [7, 11) is 0. The summed E-state index contributed by atoms with van der Waals surface area (Å²) in [4.78, 5) is 3.72. The van der Waals surface area contributed by atoms with E-state index < -0.39 is 0 Å². The van der Waals surface area contributed by atoms with Gasteiger partial charge in [0.15, 0.2) is 0 Å². The Balaban J connectivity index is 2.08. The summed E-state index contributed by atoms with van der Waals surface area (Å²) in [6, 6.07) is 4.25. The van der Waals surface area contributed by atoms with Crippen LogP contribution in [0.2, 0.25) is 0 Å². The Morgan fingerprint density at radius 1 is 1.53 bits per heavy atom. The fourth-order valence-corrected chi connectivity index (χ4v) is 2.97. The molecular weight excluding hydrogens is 226 g/mol. The quantitative estimate of drug-likeness (QED) is 0.807. The smallest absolute Gasteiger partial charge is 0.0720 e. The molecule has 1 aromatic rings. The van der Waals surface area contributed by atoms with Gasteiger partial charge in [0.1, 0.15) is 0 Å². The minimum absolute atomic E-state index is 0.850. The van der Waals surface area contributed by atoms with E-state index >= 15 is 0 Å². The van der Waals surface area contributed by atoms with Crippen LogP contribution >= 0.6 is 23.1 Å². The lowest BCUT2D eigenvalue weighted by atomic mass is 10.4. The first-order valence-corrected chi connectivity index (χ1v) is 7.12. The topological polar surface area (TPSA) is 12.5 Å². The molecule has 0 bridgehead atoms. The first-order valence-electron chi connectivity index (χ1n) is 5.02. The Morgan fingerprint density at radius 3 is 2.93 bits per heavy atom. The summed E-state index contributed by atoms with van der Waals surface area (Å²) in [5, 5.41) is 3.46. The van der Waals surface area contributed by atoms with Gasteiger partial charge in [0.25, 0.3) is 0 Å². The molecule has 0 unspecified atom stereocenters. The zero-order valence-corrected chi connectivity index (χ0v) is 10.4. The van der Waals surface area contributed by atoms with E-state index in [9.17, 15) is 0 Å². The van der Waals surface area contributed by atoms with Gasteiger partial charge in [0, 0.05) is 18.0 Å². The molecule has 2 nitrogen and oxygen atoms in total. The Kier molecular flexibility index (Phi) is 4.11. The molecule has 1 aromatic heterocycles. The third-order valence-electron chi connectivity index (χ3n) is 2.34. The Hall–Kier alpha value is -0.450. The molecule has 1 aliphatic rings. The molecule has 2 heterocycles. The van der Waals surface area contributed by atoms with Crippen LogP contribution in [0, 0.1) is 0 Å². The molecule has 82 valence electrons. The van der Waals surface area contributed by atoms with E-state index in [2.05, 4.69) is 34.7 Å². The monoisotopic (exact) mass is 241 g/mol. The van der Waals surface area contributed by atoms with Crippen molar-refractivity contribution in [2.45, 2.75) is 0 Å². The molecule has 15 heavy (non-hydrogen) atoms. The molecule has 0 radical (unpaired) electrons. The molecular formula is C11H15NOS2. The van der Waals surface area contributed by atoms with Crippen molar-refractivity contribution in [2.24, 2.45) is 0 Å². The van der Waals surface area contributed by atoms with Crippen molar-refractivity contribution in [1.29, 1.82) is 0 Å². The van der Waals surface area contributed by atoms with Gasteiger partial charge in [-0.15, -0.1) is 23.1 Å². The summed E-state index contributed by atoms with van der Waals surface area (Å²) in [5.74, 6) is 0. The third kappa shape index (κ3) is 3.00. The van der Waals surface area contributed by atoms with Crippen LogP contribution in [-0.4, -0.2) is 37.5 Å². The second-order valence-corrected chi connectivity index (χ2v) is 5.11.